The molecule has 1 aliphatic heterocycles. The summed E-state index contributed by atoms with van der Waals surface area (Å²) in [6.07, 6.45) is 7.65. The summed E-state index contributed by atoms with van der Waals surface area (Å²) in [5.41, 5.74) is 0.608. The molecule has 30 heavy (non-hydrogen) atoms. The normalized spacial score (nSPS) is 33.4. The van der Waals surface area contributed by atoms with Gasteiger partial charge in [-0.15, -0.1) is 0 Å². The molecule has 164 valence electrons. The molecule has 1 aromatic rings. The van der Waals surface area contributed by atoms with E-state index in [1.807, 2.05) is 0 Å². The number of nitrogens with one attached hydrogen (secondary N) is 2. The number of benzene rings is 1. The topological polar surface area (TPSA) is 70.7 Å². The lowest BCUT2D eigenvalue weighted by atomic mass is 9.53. The maximum absolute atomic E-state index is 13.0. The van der Waals surface area contributed by atoms with E-state index in [1.54, 1.807) is 18.2 Å². The van der Waals surface area contributed by atoms with Crippen molar-refractivity contribution in [2.45, 2.75) is 49.0 Å². The highest BCUT2D eigenvalue weighted by Crippen LogP contribution is 2.55. The number of sulfonamides is 1. The Bertz CT molecular complexity index is 912. The molecule has 1 heterocycles. The Kier molecular flexibility index (Phi) is 5.51. The SMILES string of the molecule is O=S(=O)(c1ccc(Cl)c(NC(=S)NC23CC4CC(CC(C4)C2)C3)c1)N1CCOCC1. The van der Waals surface area contributed by atoms with Crippen molar-refractivity contribution < 1.29 is 13.2 Å². The number of hydrogen-bond donors (Lipinski definition) is 2. The van der Waals surface area contributed by atoms with Crippen molar-refractivity contribution in [1.29, 1.82) is 0 Å². The maximum atomic E-state index is 13.0. The van der Waals surface area contributed by atoms with Crippen LogP contribution in [0.3, 0.4) is 0 Å². The molecule has 6 nitrogen and oxygen atoms in total. The van der Waals surface area contributed by atoms with Crippen LogP contribution in [0.25, 0.3) is 0 Å². The lowest BCUT2D eigenvalue weighted by molar-refractivity contribution is -0.00972. The van der Waals surface area contributed by atoms with Gasteiger partial charge in [-0.3, -0.25) is 0 Å². The van der Waals surface area contributed by atoms with Gasteiger partial charge in [0.1, 0.15) is 0 Å². The van der Waals surface area contributed by atoms with Gasteiger partial charge in [-0.1, -0.05) is 11.6 Å². The Labute approximate surface area is 188 Å². The molecule has 0 aromatic heterocycles. The van der Waals surface area contributed by atoms with Crippen LogP contribution in [0.1, 0.15) is 38.5 Å². The van der Waals surface area contributed by atoms with E-state index in [4.69, 9.17) is 28.6 Å². The Morgan fingerprint density at radius 3 is 2.30 bits per heavy atom. The Morgan fingerprint density at radius 1 is 1.10 bits per heavy atom. The highest BCUT2D eigenvalue weighted by atomic mass is 35.5. The molecule has 1 aromatic carbocycles. The first kappa shape index (κ1) is 20.9. The molecule has 0 unspecified atom stereocenters. The van der Waals surface area contributed by atoms with Crippen LogP contribution in [0, 0.1) is 17.8 Å². The second-order valence-corrected chi connectivity index (χ2v) is 12.2. The van der Waals surface area contributed by atoms with Gasteiger partial charge in [-0.05, 0) is 86.7 Å². The summed E-state index contributed by atoms with van der Waals surface area (Å²) in [6.45, 7) is 1.55. The van der Waals surface area contributed by atoms with E-state index in [0.29, 0.717) is 42.1 Å². The largest absolute Gasteiger partial charge is 0.379 e. The minimum absolute atomic E-state index is 0.0861. The second-order valence-electron chi connectivity index (χ2n) is 9.44. The summed E-state index contributed by atoms with van der Waals surface area (Å²) in [4.78, 5) is 0.217. The molecule has 4 bridgehead atoms. The summed E-state index contributed by atoms with van der Waals surface area (Å²) in [6, 6.07) is 4.75. The predicted octanol–water partition coefficient (Wildman–Crippen LogP) is 3.62. The number of ether oxygens (including phenoxy) is 1. The molecular formula is C21H28ClN3O3S2. The number of anilines is 1. The Hall–Kier alpha value is -0.930. The van der Waals surface area contributed by atoms with Crippen molar-refractivity contribution in [3.8, 4) is 0 Å². The van der Waals surface area contributed by atoms with E-state index in [-0.39, 0.29) is 10.4 Å². The van der Waals surface area contributed by atoms with E-state index in [2.05, 4.69) is 10.6 Å². The molecular weight excluding hydrogens is 442 g/mol. The third kappa shape index (κ3) is 3.97. The van der Waals surface area contributed by atoms with Gasteiger partial charge in [0.05, 0.1) is 28.8 Å². The smallest absolute Gasteiger partial charge is 0.243 e. The average molecular weight is 470 g/mol. The fraction of sp³-hybridized carbons (Fsp3) is 0.667. The fourth-order valence-electron chi connectivity index (χ4n) is 6.35. The standard InChI is InChI=1S/C21H28ClN3O3S2/c22-18-2-1-17(30(26,27)25-3-5-28-6-4-25)10-19(18)23-20(29)24-21-11-14-7-15(12-21)9-16(8-14)13-21/h1-2,10,14-16H,3-9,11-13H2,(H2,23,24,29). The van der Waals surface area contributed by atoms with Crippen LogP contribution < -0.4 is 10.6 Å². The molecule has 0 atom stereocenters. The number of hydrogen-bond acceptors (Lipinski definition) is 4. The zero-order chi connectivity index (χ0) is 20.9. The molecule has 9 heteroatoms. The van der Waals surface area contributed by atoms with E-state index < -0.39 is 10.0 Å². The van der Waals surface area contributed by atoms with Crippen LogP contribution in [-0.2, 0) is 14.8 Å². The van der Waals surface area contributed by atoms with Gasteiger partial charge in [0.2, 0.25) is 10.0 Å². The first-order valence-electron chi connectivity index (χ1n) is 10.8. The zero-order valence-corrected chi connectivity index (χ0v) is 19.3. The number of rotatable bonds is 4. The average Bonchev–Trinajstić information content (AvgIpc) is 2.68. The van der Waals surface area contributed by atoms with Crippen LogP contribution in [0.5, 0.6) is 0 Å². The molecule has 6 rings (SSSR count). The van der Waals surface area contributed by atoms with Crippen LogP contribution in [0.2, 0.25) is 5.02 Å². The van der Waals surface area contributed by atoms with Crippen molar-refractivity contribution in [1.82, 2.24) is 9.62 Å². The van der Waals surface area contributed by atoms with Gasteiger partial charge in [0.25, 0.3) is 0 Å². The van der Waals surface area contributed by atoms with E-state index in [9.17, 15) is 8.42 Å². The first-order valence-corrected chi connectivity index (χ1v) is 13.0. The van der Waals surface area contributed by atoms with Gasteiger partial charge in [-0.2, -0.15) is 4.31 Å². The van der Waals surface area contributed by atoms with E-state index in [0.717, 1.165) is 17.8 Å². The van der Waals surface area contributed by atoms with Crippen LogP contribution in [-0.4, -0.2) is 49.7 Å². The first-order chi connectivity index (χ1) is 14.3. The number of nitrogens with zero attached hydrogens (tertiary/aromatic N) is 1. The highest BCUT2D eigenvalue weighted by molar-refractivity contribution is 7.89. The maximum Gasteiger partial charge on any atom is 0.243 e. The van der Waals surface area contributed by atoms with Crippen LogP contribution in [0.4, 0.5) is 5.69 Å². The van der Waals surface area contributed by atoms with Gasteiger partial charge in [0, 0.05) is 18.6 Å². The highest BCUT2D eigenvalue weighted by Gasteiger charge is 2.51. The van der Waals surface area contributed by atoms with Crippen LogP contribution in [0.15, 0.2) is 23.1 Å². The van der Waals surface area contributed by atoms with E-state index >= 15 is 0 Å². The summed E-state index contributed by atoms with van der Waals surface area (Å²) in [5.74, 6) is 2.45. The Balaban J connectivity index is 1.31. The molecule has 4 aliphatic carbocycles. The third-order valence-corrected chi connectivity index (χ3v) is 9.64. The van der Waals surface area contributed by atoms with Gasteiger partial charge in [0.15, 0.2) is 5.11 Å². The third-order valence-electron chi connectivity index (χ3n) is 7.21. The van der Waals surface area contributed by atoms with Crippen molar-refractivity contribution in [3.05, 3.63) is 23.2 Å². The monoisotopic (exact) mass is 469 g/mol. The van der Waals surface area contributed by atoms with Gasteiger partial charge < -0.3 is 15.4 Å². The molecule has 5 fully saturated rings. The molecule has 1 saturated heterocycles. The minimum atomic E-state index is -3.59. The van der Waals surface area contributed by atoms with Gasteiger partial charge in [-0.25, -0.2) is 8.42 Å². The van der Waals surface area contributed by atoms with Crippen LogP contribution >= 0.6 is 23.8 Å². The molecule has 0 radical (unpaired) electrons. The summed E-state index contributed by atoms with van der Waals surface area (Å²) < 4.78 is 32.7. The summed E-state index contributed by atoms with van der Waals surface area (Å²) in [5, 5.41) is 7.77. The fourth-order valence-corrected chi connectivity index (χ4v) is 8.28. The van der Waals surface area contributed by atoms with Crippen molar-refractivity contribution >= 4 is 44.6 Å². The van der Waals surface area contributed by atoms with Crippen molar-refractivity contribution in [2.75, 3.05) is 31.6 Å². The summed E-state index contributed by atoms with van der Waals surface area (Å²) in [7, 11) is -3.59. The summed E-state index contributed by atoms with van der Waals surface area (Å²) >= 11 is 12.0. The second kappa shape index (κ2) is 7.89. The van der Waals surface area contributed by atoms with Crippen molar-refractivity contribution in [2.24, 2.45) is 17.8 Å². The van der Waals surface area contributed by atoms with Crippen molar-refractivity contribution in [3.63, 3.8) is 0 Å². The minimum Gasteiger partial charge on any atom is -0.379 e. The number of halogens is 1. The molecule has 4 saturated carbocycles. The molecule has 2 N–H and O–H groups in total. The molecule has 0 amide bonds. The number of morpholine rings is 1. The molecule has 5 aliphatic rings. The van der Waals surface area contributed by atoms with E-state index in [1.165, 1.54) is 42.8 Å². The lowest BCUT2D eigenvalue weighted by Gasteiger charge is -2.57. The predicted molar refractivity (Wildman–Crippen MR) is 121 cm³/mol. The number of thiocarbonyl (C=S) groups is 1. The molecule has 0 spiro atoms. The van der Waals surface area contributed by atoms with Gasteiger partial charge >= 0.3 is 0 Å². The quantitative estimate of drug-likeness (QED) is 0.656. The Morgan fingerprint density at radius 2 is 1.70 bits per heavy atom. The lowest BCUT2D eigenvalue weighted by Crippen LogP contribution is -2.60. The zero-order valence-electron chi connectivity index (χ0n) is 16.9.